The maximum atomic E-state index is 12.9. The third-order valence-electron chi connectivity index (χ3n) is 4.42. The summed E-state index contributed by atoms with van der Waals surface area (Å²) in [4.78, 5) is 13.6. The molecular weight excluding hydrogens is 358 g/mol. The van der Waals surface area contributed by atoms with Crippen molar-refractivity contribution in [3.05, 3.63) is 45.3 Å². The van der Waals surface area contributed by atoms with Crippen LogP contribution in [0, 0.1) is 13.8 Å². The molecule has 5 nitrogen and oxygen atoms in total. The van der Waals surface area contributed by atoms with Crippen LogP contribution in [0.5, 0.6) is 0 Å². The number of hydrogen-bond donors (Lipinski definition) is 1. The highest BCUT2D eigenvalue weighted by Gasteiger charge is 2.29. The molecule has 0 saturated heterocycles. The van der Waals surface area contributed by atoms with Crippen molar-refractivity contribution in [2.45, 2.75) is 44.4 Å². The van der Waals surface area contributed by atoms with E-state index in [-0.39, 0.29) is 4.90 Å². The predicted molar refractivity (Wildman–Crippen MR) is 99.0 cm³/mol. The first-order chi connectivity index (χ1) is 11.8. The fourth-order valence-electron chi connectivity index (χ4n) is 3.13. The summed E-state index contributed by atoms with van der Waals surface area (Å²) >= 11 is 1.35. The lowest BCUT2D eigenvalue weighted by atomic mass is 9.95. The fourth-order valence-corrected chi connectivity index (χ4v) is 6.04. The third-order valence-corrected chi connectivity index (χ3v) is 7.25. The van der Waals surface area contributed by atoms with E-state index >= 15 is 0 Å². The summed E-state index contributed by atoms with van der Waals surface area (Å²) < 4.78 is 33.3. The van der Waals surface area contributed by atoms with E-state index in [0.717, 1.165) is 41.7 Å². The lowest BCUT2D eigenvalue weighted by Crippen LogP contribution is -2.16. The summed E-state index contributed by atoms with van der Waals surface area (Å²) in [6.45, 7) is 3.61. The Hall–Kier alpha value is -1.86. The second kappa shape index (κ2) is 6.80. The van der Waals surface area contributed by atoms with E-state index in [1.165, 1.54) is 18.4 Å². The summed E-state index contributed by atoms with van der Waals surface area (Å²) in [5.41, 5.74) is 2.83. The minimum atomic E-state index is -3.78. The van der Waals surface area contributed by atoms with Gasteiger partial charge in [0.2, 0.25) is 0 Å². The molecule has 25 heavy (non-hydrogen) atoms. The topological polar surface area (TPSA) is 72.5 Å². The van der Waals surface area contributed by atoms with Gasteiger partial charge in [-0.2, -0.15) is 0 Å². The fraction of sp³-hybridized carbons (Fsp3) is 0.389. The second-order valence-corrected chi connectivity index (χ2v) is 9.04. The van der Waals surface area contributed by atoms with E-state index < -0.39 is 16.0 Å². The number of ether oxygens (including phenoxy) is 1. The van der Waals surface area contributed by atoms with Crippen molar-refractivity contribution >= 4 is 32.3 Å². The van der Waals surface area contributed by atoms with Gasteiger partial charge < -0.3 is 4.74 Å². The summed E-state index contributed by atoms with van der Waals surface area (Å²) in [5, 5.41) is 0.361. The molecule has 1 aromatic carbocycles. The van der Waals surface area contributed by atoms with Crippen LogP contribution in [-0.2, 0) is 27.6 Å². The molecule has 0 bridgehead atoms. The third kappa shape index (κ3) is 3.43. The van der Waals surface area contributed by atoms with Crippen LogP contribution < -0.4 is 4.72 Å². The van der Waals surface area contributed by atoms with Crippen LogP contribution in [0.4, 0.5) is 5.00 Å². The van der Waals surface area contributed by atoms with Crippen molar-refractivity contribution in [3.8, 4) is 0 Å². The Morgan fingerprint density at radius 2 is 1.92 bits per heavy atom. The highest BCUT2D eigenvalue weighted by Crippen LogP contribution is 2.39. The zero-order valence-electron chi connectivity index (χ0n) is 14.5. The van der Waals surface area contributed by atoms with Gasteiger partial charge >= 0.3 is 5.97 Å². The van der Waals surface area contributed by atoms with E-state index in [1.807, 2.05) is 13.0 Å². The number of anilines is 1. The van der Waals surface area contributed by atoms with Crippen molar-refractivity contribution in [1.82, 2.24) is 0 Å². The first kappa shape index (κ1) is 17.9. The largest absolute Gasteiger partial charge is 0.465 e. The zero-order valence-corrected chi connectivity index (χ0v) is 16.1. The van der Waals surface area contributed by atoms with E-state index in [4.69, 9.17) is 4.74 Å². The Morgan fingerprint density at radius 3 is 2.64 bits per heavy atom. The van der Waals surface area contributed by atoms with Crippen LogP contribution in [0.1, 0.15) is 44.8 Å². The smallest absolute Gasteiger partial charge is 0.341 e. The number of esters is 1. The van der Waals surface area contributed by atoms with Gasteiger partial charge in [0.25, 0.3) is 10.0 Å². The molecule has 0 aliphatic heterocycles. The molecule has 0 fully saturated rings. The minimum absolute atomic E-state index is 0.231. The number of rotatable bonds is 4. The van der Waals surface area contributed by atoms with E-state index in [9.17, 15) is 13.2 Å². The maximum absolute atomic E-state index is 12.9. The second-order valence-electron chi connectivity index (χ2n) is 6.28. The van der Waals surface area contributed by atoms with Crippen LogP contribution in [-0.4, -0.2) is 21.5 Å². The summed E-state index contributed by atoms with van der Waals surface area (Å²) in [6, 6.07) is 5.30. The van der Waals surface area contributed by atoms with E-state index in [0.29, 0.717) is 16.1 Å². The van der Waals surface area contributed by atoms with Crippen molar-refractivity contribution in [2.75, 3.05) is 11.8 Å². The van der Waals surface area contributed by atoms with Crippen molar-refractivity contribution in [2.24, 2.45) is 0 Å². The molecule has 1 aliphatic carbocycles. The normalized spacial score (nSPS) is 14.0. The molecule has 0 spiro atoms. The Bertz CT molecular complexity index is 929. The Balaban J connectivity index is 2.06. The SMILES string of the molecule is COC(=O)c1c(NS(=O)(=O)c2cc(C)ccc2C)sc2c1CCCC2. The summed E-state index contributed by atoms with van der Waals surface area (Å²) in [6.07, 6.45) is 3.70. The molecule has 3 rings (SSSR count). The van der Waals surface area contributed by atoms with Crippen LogP contribution in [0.25, 0.3) is 0 Å². The average molecular weight is 380 g/mol. The van der Waals surface area contributed by atoms with Gasteiger partial charge in [0.15, 0.2) is 0 Å². The number of carbonyl (C=O) groups is 1. The van der Waals surface area contributed by atoms with Gasteiger partial charge in [-0.25, -0.2) is 13.2 Å². The highest BCUT2D eigenvalue weighted by molar-refractivity contribution is 7.93. The summed E-state index contributed by atoms with van der Waals surface area (Å²) in [5.74, 6) is -0.488. The maximum Gasteiger partial charge on any atom is 0.341 e. The predicted octanol–water partition coefficient (Wildman–Crippen LogP) is 3.83. The standard InChI is InChI=1S/C18H21NO4S2/c1-11-8-9-12(2)15(10-11)25(21,22)19-17-16(18(20)23-3)13-6-4-5-7-14(13)24-17/h8-10,19H,4-7H2,1-3H3. The number of sulfonamides is 1. The molecule has 0 radical (unpaired) electrons. The minimum Gasteiger partial charge on any atom is -0.465 e. The molecule has 1 aliphatic rings. The Kier molecular flexibility index (Phi) is 4.88. The quantitative estimate of drug-likeness (QED) is 0.820. The van der Waals surface area contributed by atoms with Crippen molar-refractivity contribution in [3.63, 3.8) is 0 Å². The molecule has 0 saturated carbocycles. The van der Waals surface area contributed by atoms with Crippen LogP contribution >= 0.6 is 11.3 Å². The number of hydrogen-bond acceptors (Lipinski definition) is 5. The van der Waals surface area contributed by atoms with Gasteiger partial charge in [0.1, 0.15) is 5.00 Å². The molecule has 1 aromatic heterocycles. The first-order valence-electron chi connectivity index (χ1n) is 8.16. The molecule has 2 aromatic rings. The summed E-state index contributed by atoms with van der Waals surface area (Å²) in [7, 11) is -2.46. The lowest BCUT2D eigenvalue weighted by molar-refractivity contribution is 0.0601. The number of carbonyl (C=O) groups excluding carboxylic acids is 1. The van der Waals surface area contributed by atoms with Gasteiger partial charge in [-0.15, -0.1) is 11.3 Å². The van der Waals surface area contributed by atoms with Gasteiger partial charge in [-0.1, -0.05) is 12.1 Å². The zero-order chi connectivity index (χ0) is 18.2. The number of methoxy groups -OCH3 is 1. The lowest BCUT2D eigenvalue weighted by Gasteiger charge is -2.12. The number of benzene rings is 1. The van der Waals surface area contributed by atoms with Crippen LogP contribution in [0.2, 0.25) is 0 Å². The van der Waals surface area contributed by atoms with Gasteiger partial charge in [0, 0.05) is 4.88 Å². The van der Waals surface area contributed by atoms with Gasteiger partial charge in [-0.3, -0.25) is 4.72 Å². The molecule has 1 heterocycles. The van der Waals surface area contributed by atoms with Crippen molar-refractivity contribution < 1.29 is 17.9 Å². The molecule has 1 N–H and O–H groups in total. The molecule has 7 heteroatoms. The number of aryl methyl sites for hydroxylation is 3. The average Bonchev–Trinajstić information content (AvgIpc) is 2.93. The Morgan fingerprint density at radius 1 is 1.20 bits per heavy atom. The van der Waals surface area contributed by atoms with Crippen LogP contribution in [0.3, 0.4) is 0 Å². The number of fused-ring (bicyclic) bond motifs is 1. The number of thiophene rings is 1. The molecular formula is C18H21NO4S2. The van der Waals surface area contributed by atoms with Gasteiger partial charge in [0.05, 0.1) is 17.6 Å². The first-order valence-corrected chi connectivity index (χ1v) is 10.5. The van der Waals surface area contributed by atoms with Gasteiger partial charge in [-0.05, 0) is 62.3 Å². The Labute approximate surface area is 152 Å². The molecule has 0 amide bonds. The van der Waals surface area contributed by atoms with Crippen molar-refractivity contribution in [1.29, 1.82) is 0 Å². The monoisotopic (exact) mass is 379 g/mol. The molecule has 134 valence electrons. The molecule has 0 atom stereocenters. The van der Waals surface area contributed by atoms with E-state index in [1.54, 1.807) is 19.1 Å². The van der Waals surface area contributed by atoms with Crippen LogP contribution in [0.15, 0.2) is 23.1 Å². The van der Waals surface area contributed by atoms with E-state index in [2.05, 4.69) is 4.72 Å². The highest BCUT2D eigenvalue weighted by atomic mass is 32.2. The number of nitrogens with one attached hydrogen (secondary N) is 1. The molecule has 0 unspecified atom stereocenters.